The fourth-order valence-corrected chi connectivity index (χ4v) is 1.86. The Kier molecular flexibility index (Phi) is 3.99. The minimum absolute atomic E-state index is 0.222. The van der Waals surface area contributed by atoms with Crippen molar-refractivity contribution in [2.45, 2.75) is 18.3 Å². The van der Waals surface area contributed by atoms with Gasteiger partial charge < -0.3 is 25.8 Å². The highest BCUT2D eigenvalue weighted by Gasteiger charge is 2.30. The lowest BCUT2D eigenvalue weighted by Gasteiger charge is -2.22. The fraction of sp³-hybridized carbons (Fsp3) is 0.364. The van der Waals surface area contributed by atoms with Gasteiger partial charge in [0.1, 0.15) is 24.1 Å². The topological polar surface area (TPSA) is 150 Å². The van der Waals surface area contributed by atoms with Gasteiger partial charge >= 0.3 is 0 Å². The molecule has 9 heteroatoms. The van der Waals surface area contributed by atoms with Gasteiger partial charge in [-0.3, -0.25) is 0 Å². The average Bonchev–Trinajstić information content (AvgIpc) is 2.88. The van der Waals surface area contributed by atoms with E-state index in [1.807, 2.05) is 0 Å². The number of aromatic nitrogens is 3. The molecule has 9 nitrogen and oxygen atoms in total. The molecule has 0 aliphatic heterocycles. The van der Waals surface area contributed by atoms with Crippen LogP contribution in [0, 0.1) is 11.5 Å². The summed E-state index contributed by atoms with van der Waals surface area (Å²) in [5.74, 6) is 0.222. The zero-order chi connectivity index (χ0) is 14.7. The first kappa shape index (κ1) is 14.0. The molecule has 0 aliphatic rings. The first-order valence-corrected chi connectivity index (χ1v) is 5.70. The molecule has 2 aromatic rings. The average molecular weight is 279 g/mol. The second kappa shape index (κ2) is 5.70. The number of fused-ring (bicyclic) bond motifs is 1. The van der Waals surface area contributed by atoms with Crippen LogP contribution in [0.15, 0.2) is 18.5 Å². The highest BCUT2D eigenvalue weighted by Crippen LogP contribution is 2.23. The van der Waals surface area contributed by atoms with Crippen molar-refractivity contribution in [3.8, 4) is 6.26 Å². The molecule has 0 saturated heterocycles. The predicted molar refractivity (Wildman–Crippen MR) is 65.9 cm³/mol. The molecule has 20 heavy (non-hydrogen) atoms. The maximum Gasteiger partial charge on any atom is 0.286 e. The molecule has 0 aliphatic carbocycles. The molecular weight excluding hydrogens is 266 g/mol. The lowest BCUT2D eigenvalue weighted by Crippen LogP contribution is -2.36. The molecule has 0 spiro atoms. The number of anilines is 1. The van der Waals surface area contributed by atoms with Gasteiger partial charge in [-0.15, -0.1) is 0 Å². The number of hydrogen-bond donors (Lipinski definition) is 4. The van der Waals surface area contributed by atoms with Gasteiger partial charge in [0.05, 0.1) is 12.3 Å². The van der Waals surface area contributed by atoms with E-state index in [-0.39, 0.29) is 11.5 Å². The Balaban J connectivity index is 2.34. The standard InChI is InChI=1S/C11H13N5O4/c12-4-20-8(3-17)10(19)9(18)6-1-2-7-11(13)14-5-15-16(6)7/h1-2,5,8-10,17-19H,3H2,(H2,13,14,15)/t8-,9+,10-/m1/s1. The summed E-state index contributed by atoms with van der Waals surface area (Å²) in [4.78, 5) is 3.80. The van der Waals surface area contributed by atoms with Crippen molar-refractivity contribution < 1.29 is 20.1 Å². The Morgan fingerprint density at radius 3 is 2.85 bits per heavy atom. The minimum Gasteiger partial charge on any atom is -0.419 e. The van der Waals surface area contributed by atoms with Crippen molar-refractivity contribution in [3.63, 3.8) is 0 Å². The highest BCUT2D eigenvalue weighted by atomic mass is 16.5. The van der Waals surface area contributed by atoms with E-state index >= 15 is 0 Å². The van der Waals surface area contributed by atoms with Crippen LogP contribution in [0.4, 0.5) is 5.82 Å². The van der Waals surface area contributed by atoms with E-state index in [0.717, 1.165) is 0 Å². The molecule has 2 rings (SSSR count). The molecule has 0 fully saturated rings. The van der Waals surface area contributed by atoms with E-state index in [9.17, 15) is 10.2 Å². The van der Waals surface area contributed by atoms with Crippen LogP contribution in [0.2, 0.25) is 0 Å². The van der Waals surface area contributed by atoms with Crippen molar-refractivity contribution >= 4 is 11.3 Å². The van der Waals surface area contributed by atoms with Gasteiger partial charge in [0, 0.05) is 0 Å². The molecule has 2 aromatic heterocycles. The summed E-state index contributed by atoms with van der Waals surface area (Å²) in [6.07, 6.45) is -1.59. The number of nitrogens with zero attached hydrogens (tertiary/aromatic N) is 4. The first-order chi connectivity index (χ1) is 9.60. The minimum atomic E-state index is -1.51. The number of ether oxygens (including phenoxy) is 1. The lowest BCUT2D eigenvalue weighted by atomic mass is 10.1. The molecule has 3 atom stereocenters. The van der Waals surface area contributed by atoms with Crippen LogP contribution in [0.3, 0.4) is 0 Å². The number of aliphatic hydroxyl groups is 3. The predicted octanol–water partition coefficient (Wildman–Crippen LogP) is -1.44. The third-order valence-corrected chi connectivity index (χ3v) is 2.90. The molecule has 0 aromatic carbocycles. The monoisotopic (exact) mass is 279 g/mol. The number of nitrogen functional groups attached to an aromatic ring is 1. The van der Waals surface area contributed by atoms with Crippen molar-refractivity contribution in [3.05, 3.63) is 24.2 Å². The van der Waals surface area contributed by atoms with Crippen LogP contribution in [0.1, 0.15) is 11.8 Å². The van der Waals surface area contributed by atoms with E-state index in [1.165, 1.54) is 23.2 Å². The molecule has 0 radical (unpaired) electrons. The maximum atomic E-state index is 10.1. The Morgan fingerprint density at radius 1 is 1.45 bits per heavy atom. The molecule has 0 saturated carbocycles. The summed E-state index contributed by atoms with van der Waals surface area (Å²) >= 11 is 0. The van der Waals surface area contributed by atoms with Crippen molar-refractivity contribution in [1.29, 1.82) is 5.26 Å². The number of nitrogens with two attached hydrogens (primary N) is 1. The van der Waals surface area contributed by atoms with Gasteiger partial charge in [0.2, 0.25) is 0 Å². The Labute approximate surface area is 113 Å². The van der Waals surface area contributed by atoms with E-state index in [2.05, 4.69) is 14.8 Å². The lowest BCUT2D eigenvalue weighted by molar-refractivity contribution is -0.0798. The second-order valence-corrected chi connectivity index (χ2v) is 4.07. The Bertz CT molecular complexity index is 637. The fourth-order valence-electron chi connectivity index (χ4n) is 1.86. The quantitative estimate of drug-likeness (QED) is 0.486. The van der Waals surface area contributed by atoms with E-state index < -0.39 is 24.9 Å². The van der Waals surface area contributed by atoms with E-state index in [0.29, 0.717) is 5.52 Å². The third-order valence-electron chi connectivity index (χ3n) is 2.90. The Morgan fingerprint density at radius 2 is 2.20 bits per heavy atom. The normalized spacial score (nSPS) is 15.5. The molecular formula is C11H13N5O4. The highest BCUT2D eigenvalue weighted by molar-refractivity contribution is 5.65. The molecule has 0 amide bonds. The van der Waals surface area contributed by atoms with Crippen molar-refractivity contribution in [1.82, 2.24) is 14.6 Å². The molecule has 106 valence electrons. The van der Waals surface area contributed by atoms with Gasteiger partial charge in [0.15, 0.2) is 11.9 Å². The number of rotatable bonds is 5. The van der Waals surface area contributed by atoms with Crippen LogP contribution in [-0.2, 0) is 4.74 Å². The number of aliphatic hydroxyl groups excluding tert-OH is 3. The number of nitriles is 1. The van der Waals surface area contributed by atoms with Gasteiger partial charge in [-0.1, -0.05) is 0 Å². The van der Waals surface area contributed by atoms with Gasteiger partial charge in [-0.05, 0) is 12.1 Å². The SMILES string of the molecule is N#CO[C@H](CO)[C@@H](O)[C@@H](O)c1ccc2c(N)ncnn12. The second-order valence-electron chi connectivity index (χ2n) is 4.07. The molecule has 5 N–H and O–H groups in total. The van der Waals surface area contributed by atoms with Crippen LogP contribution >= 0.6 is 0 Å². The zero-order valence-electron chi connectivity index (χ0n) is 10.3. The molecule has 0 bridgehead atoms. The third kappa shape index (κ3) is 2.35. The summed E-state index contributed by atoms with van der Waals surface area (Å²) < 4.78 is 5.80. The van der Waals surface area contributed by atoms with Gasteiger partial charge in [-0.2, -0.15) is 10.4 Å². The summed E-state index contributed by atoms with van der Waals surface area (Å²) in [5, 5.41) is 41.4. The van der Waals surface area contributed by atoms with E-state index in [4.69, 9.17) is 16.1 Å². The molecule has 0 unspecified atom stereocenters. The number of hydrogen-bond acceptors (Lipinski definition) is 8. The largest absolute Gasteiger partial charge is 0.419 e. The first-order valence-electron chi connectivity index (χ1n) is 5.70. The maximum absolute atomic E-state index is 10.1. The summed E-state index contributed by atoms with van der Waals surface area (Å²) in [6.45, 7) is -0.619. The summed E-state index contributed by atoms with van der Waals surface area (Å²) in [7, 11) is 0. The summed E-state index contributed by atoms with van der Waals surface area (Å²) in [6, 6.07) is 3.09. The van der Waals surface area contributed by atoms with Crippen molar-refractivity contribution in [2.24, 2.45) is 0 Å². The van der Waals surface area contributed by atoms with Gasteiger partial charge in [-0.25, -0.2) is 9.50 Å². The van der Waals surface area contributed by atoms with Crippen LogP contribution < -0.4 is 5.73 Å². The van der Waals surface area contributed by atoms with Crippen LogP contribution in [0.5, 0.6) is 0 Å². The summed E-state index contributed by atoms with van der Waals surface area (Å²) in [5.41, 5.74) is 6.36. The Hall–Kier alpha value is -2.41. The molecule has 2 heterocycles. The van der Waals surface area contributed by atoms with Gasteiger partial charge in [0.25, 0.3) is 6.26 Å². The van der Waals surface area contributed by atoms with Crippen LogP contribution in [0.25, 0.3) is 5.52 Å². The van der Waals surface area contributed by atoms with E-state index in [1.54, 1.807) is 6.07 Å². The van der Waals surface area contributed by atoms with Crippen LogP contribution in [-0.4, -0.2) is 48.7 Å². The van der Waals surface area contributed by atoms with Crippen molar-refractivity contribution in [2.75, 3.05) is 12.3 Å². The smallest absolute Gasteiger partial charge is 0.286 e. The zero-order valence-corrected chi connectivity index (χ0v) is 10.3.